The molecule has 0 aromatic carbocycles. The van der Waals surface area contributed by atoms with Crippen LogP contribution in [0.3, 0.4) is 0 Å². The highest BCUT2D eigenvalue weighted by atomic mass is 15.2. The summed E-state index contributed by atoms with van der Waals surface area (Å²) in [4.78, 5) is 13.5. The molecule has 1 rings (SSSR count). The van der Waals surface area contributed by atoms with Crippen molar-refractivity contribution in [3.63, 3.8) is 0 Å². The average Bonchev–Trinajstić information content (AvgIpc) is 2.01. The zero-order valence-electron chi connectivity index (χ0n) is 8.36. The van der Waals surface area contributed by atoms with Crippen LogP contribution in [0.1, 0.15) is 0 Å². The third kappa shape index (κ3) is 3.40. The normalized spacial score (nSPS) is 10.5. The molecule has 0 bridgehead atoms. The molecule has 0 amide bonds. The highest BCUT2D eigenvalue weighted by Crippen LogP contribution is 2.02. The van der Waals surface area contributed by atoms with E-state index in [9.17, 15) is 0 Å². The van der Waals surface area contributed by atoms with Gasteiger partial charge in [-0.3, -0.25) is 0 Å². The van der Waals surface area contributed by atoms with Crippen LogP contribution in [0.25, 0.3) is 0 Å². The minimum Gasteiger partial charge on any atom is -0.368 e. The third-order valence-electron chi connectivity index (χ3n) is 1.51. The Bertz CT molecular complexity index is 278. The molecule has 14 heavy (non-hydrogen) atoms. The van der Waals surface area contributed by atoms with Crippen molar-refractivity contribution < 1.29 is 0 Å². The lowest BCUT2D eigenvalue weighted by Gasteiger charge is -2.10. The van der Waals surface area contributed by atoms with E-state index in [1.54, 1.807) is 0 Å². The Morgan fingerprint density at radius 3 is 2.21 bits per heavy atom. The Balaban J connectivity index is 2.50. The summed E-state index contributed by atoms with van der Waals surface area (Å²) >= 11 is 0. The van der Waals surface area contributed by atoms with Gasteiger partial charge in [-0.2, -0.15) is 15.0 Å². The second-order valence-electron chi connectivity index (χ2n) is 3.11. The van der Waals surface area contributed by atoms with Gasteiger partial charge in [0.15, 0.2) is 0 Å². The molecular weight excluding hydrogens is 182 g/mol. The van der Waals surface area contributed by atoms with E-state index < -0.39 is 0 Å². The van der Waals surface area contributed by atoms with Gasteiger partial charge < -0.3 is 21.7 Å². The molecule has 0 spiro atoms. The lowest BCUT2D eigenvalue weighted by molar-refractivity contribution is 0.425. The molecule has 1 aromatic heterocycles. The molecule has 0 radical (unpaired) electrons. The predicted molar refractivity (Wildman–Crippen MR) is 55.7 cm³/mol. The lowest BCUT2D eigenvalue weighted by atomic mass is 10.6. The van der Waals surface area contributed by atoms with Crippen LogP contribution in [0.2, 0.25) is 0 Å². The molecule has 1 aromatic rings. The zero-order chi connectivity index (χ0) is 10.6. The molecular formula is C7H15N7. The molecule has 0 atom stereocenters. The van der Waals surface area contributed by atoms with Crippen LogP contribution in [-0.2, 0) is 0 Å². The monoisotopic (exact) mass is 197 g/mol. The van der Waals surface area contributed by atoms with Crippen molar-refractivity contribution in [3.8, 4) is 0 Å². The zero-order valence-corrected chi connectivity index (χ0v) is 8.36. The fourth-order valence-electron chi connectivity index (χ4n) is 0.880. The molecule has 7 nitrogen and oxygen atoms in total. The molecule has 78 valence electrons. The van der Waals surface area contributed by atoms with E-state index >= 15 is 0 Å². The molecule has 7 heteroatoms. The summed E-state index contributed by atoms with van der Waals surface area (Å²) in [5.74, 6) is 0.673. The number of aromatic nitrogens is 3. The quantitative estimate of drug-likeness (QED) is 0.569. The van der Waals surface area contributed by atoms with Gasteiger partial charge >= 0.3 is 0 Å². The van der Waals surface area contributed by atoms with Gasteiger partial charge in [-0.05, 0) is 14.1 Å². The lowest BCUT2D eigenvalue weighted by Crippen LogP contribution is -2.22. The molecule has 1 heterocycles. The SMILES string of the molecule is CN(C)CCNc1nc(N)nc(N)n1. The summed E-state index contributed by atoms with van der Waals surface area (Å²) in [5, 5.41) is 2.99. The van der Waals surface area contributed by atoms with Gasteiger partial charge in [0.2, 0.25) is 17.8 Å². The van der Waals surface area contributed by atoms with Crippen LogP contribution >= 0.6 is 0 Å². The Kier molecular flexibility index (Phi) is 3.41. The molecule has 0 saturated carbocycles. The maximum absolute atomic E-state index is 5.40. The highest BCUT2D eigenvalue weighted by molar-refractivity contribution is 5.36. The number of anilines is 3. The summed E-state index contributed by atoms with van der Waals surface area (Å²) < 4.78 is 0. The van der Waals surface area contributed by atoms with Crippen LogP contribution < -0.4 is 16.8 Å². The van der Waals surface area contributed by atoms with Gasteiger partial charge in [-0.1, -0.05) is 0 Å². The fourth-order valence-corrected chi connectivity index (χ4v) is 0.880. The van der Waals surface area contributed by atoms with Crippen molar-refractivity contribution in [2.75, 3.05) is 44.0 Å². The molecule has 0 fully saturated rings. The van der Waals surface area contributed by atoms with E-state index in [1.165, 1.54) is 0 Å². The van der Waals surface area contributed by atoms with E-state index in [0.717, 1.165) is 13.1 Å². The summed E-state index contributed by atoms with van der Waals surface area (Å²) in [5.41, 5.74) is 10.8. The van der Waals surface area contributed by atoms with Crippen molar-refractivity contribution in [2.24, 2.45) is 0 Å². The molecule has 5 N–H and O–H groups in total. The van der Waals surface area contributed by atoms with Crippen LogP contribution in [-0.4, -0.2) is 47.0 Å². The standard InChI is InChI=1S/C7H15N7/c1-14(2)4-3-10-7-12-5(8)11-6(9)13-7/h3-4H2,1-2H3,(H5,8,9,10,11,12,13). The van der Waals surface area contributed by atoms with Crippen LogP contribution in [0, 0.1) is 0 Å². The number of hydrogen-bond acceptors (Lipinski definition) is 7. The largest absolute Gasteiger partial charge is 0.368 e. The van der Waals surface area contributed by atoms with Gasteiger partial charge in [0, 0.05) is 13.1 Å². The van der Waals surface area contributed by atoms with Gasteiger partial charge in [0.25, 0.3) is 0 Å². The Hall–Kier alpha value is -1.63. The number of nitrogen functional groups attached to an aromatic ring is 2. The minimum atomic E-state index is 0.129. The van der Waals surface area contributed by atoms with Crippen LogP contribution in [0.5, 0.6) is 0 Å². The Labute approximate surface area is 82.5 Å². The number of nitrogens with two attached hydrogens (primary N) is 2. The first-order valence-electron chi connectivity index (χ1n) is 4.23. The third-order valence-corrected chi connectivity index (χ3v) is 1.51. The maximum atomic E-state index is 5.40. The van der Waals surface area contributed by atoms with Crippen molar-refractivity contribution >= 4 is 17.8 Å². The maximum Gasteiger partial charge on any atom is 0.229 e. The number of rotatable bonds is 4. The summed E-state index contributed by atoms with van der Waals surface area (Å²) in [6, 6.07) is 0. The first-order chi connectivity index (χ1) is 6.58. The topological polar surface area (TPSA) is 106 Å². The molecule has 0 saturated heterocycles. The van der Waals surface area contributed by atoms with Crippen LogP contribution in [0.4, 0.5) is 17.8 Å². The molecule has 0 aliphatic carbocycles. The summed E-state index contributed by atoms with van der Waals surface area (Å²) in [6.07, 6.45) is 0. The first kappa shape index (κ1) is 10.5. The minimum absolute atomic E-state index is 0.129. The van der Waals surface area contributed by atoms with Crippen molar-refractivity contribution in [3.05, 3.63) is 0 Å². The summed E-state index contributed by atoms with van der Waals surface area (Å²) in [6.45, 7) is 1.61. The number of likely N-dealkylation sites (N-methyl/N-ethyl adjacent to an activating group) is 1. The van der Waals surface area contributed by atoms with Gasteiger partial charge in [-0.15, -0.1) is 0 Å². The predicted octanol–water partition coefficient (Wildman–Crippen LogP) is -0.990. The van der Waals surface area contributed by atoms with Gasteiger partial charge in [-0.25, -0.2) is 0 Å². The van der Waals surface area contributed by atoms with E-state index in [0.29, 0.717) is 5.95 Å². The first-order valence-corrected chi connectivity index (χ1v) is 4.23. The van der Waals surface area contributed by atoms with E-state index in [4.69, 9.17) is 11.5 Å². The van der Waals surface area contributed by atoms with Crippen molar-refractivity contribution in [1.82, 2.24) is 19.9 Å². The molecule has 0 aliphatic rings. The number of nitrogens with zero attached hydrogens (tertiary/aromatic N) is 4. The van der Waals surface area contributed by atoms with E-state index in [-0.39, 0.29) is 11.9 Å². The Morgan fingerprint density at radius 1 is 1.14 bits per heavy atom. The van der Waals surface area contributed by atoms with Crippen molar-refractivity contribution in [1.29, 1.82) is 0 Å². The number of nitrogens with one attached hydrogen (secondary N) is 1. The van der Waals surface area contributed by atoms with Gasteiger partial charge in [0.1, 0.15) is 0 Å². The van der Waals surface area contributed by atoms with Crippen LogP contribution in [0.15, 0.2) is 0 Å². The second-order valence-corrected chi connectivity index (χ2v) is 3.11. The molecule has 0 aliphatic heterocycles. The van der Waals surface area contributed by atoms with E-state index in [1.807, 2.05) is 19.0 Å². The smallest absolute Gasteiger partial charge is 0.229 e. The summed E-state index contributed by atoms with van der Waals surface area (Å²) in [7, 11) is 3.97. The fraction of sp³-hybridized carbons (Fsp3) is 0.571. The highest BCUT2D eigenvalue weighted by Gasteiger charge is 2.00. The second kappa shape index (κ2) is 4.56. The van der Waals surface area contributed by atoms with E-state index in [2.05, 4.69) is 20.3 Å². The van der Waals surface area contributed by atoms with Crippen molar-refractivity contribution in [2.45, 2.75) is 0 Å². The van der Waals surface area contributed by atoms with Gasteiger partial charge in [0.05, 0.1) is 0 Å². The molecule has 0 unspecified atom stereocenters. The average molecular weight is 197 g/mol. The number of hydrogen-bond donors (Lipinski definition) is 3. The Morgan fingerprint density at radius 2 is 1.71 bits per heavy atom.